The fourth-order valence-corrected chi connectivity index (χ4v) is 2.08. The number of benzene rings is 2. The maximum Gasteiger partial charge on any atom is 0.131 e. The summed E-state index contributed by atoms with van der Waals surface area (Å²) in [4.78, 5) is 0. The van der Waals surface area contributed by atoms with Gasteiger partial charge in [0.15, 0.2) is 0 Å². The molecule has 0 bridgehead atoms. The summed E-state index contributed by atoms with van der Waals surface area (Å²) in [5, 5.41) is 0.299. The normalized spacial score (nSPS) is 10.6. The van der Waals surface area contributed by atoms with Gasteiger partial charge in [-0.3, -0.25) is 0 Å². The van der Waals surface area contributed by atoms with E-state index in [2.05, 4.69) is 0 Å². The van der Waals surface area contributed by atoms with Crippen molar-refractivity contribution >= 4 is 11.6 Å². The number of nitrogens with two attached hydrogens (primary N) is 1. The van der Waals surface area contributed by atoms with Crippen LogP contribution in [0.3, 0.4) is 0 Å². The molecular weight excluding hydrogens is 284 g/mol. The minimum atomic E-state index is -0.431. The van der Waals surface area contributed by atoms with Crippen molar-refractivity contribution in [1.82, 2.24) is 0 Å². The second-order valence-electron chi connectivity index (χ2n) is 4.28. The third-order valence-corrected chi connectivity index (χ3v) is 3.22. The summed E-state index contributed by atoms with van der Waals surface area (Å²) >= 11 is 5.92. The topological polar surface area (TPSA) is 35.2 Å². The number of ether oxygens (including phenoxy) is 1. The van der Waals surface area contributed by atoms with Gasteiger partial charge in [-0.25, -0.2) is 8.78 Å². The molecule has 2 nitrogen and oxygen atoms in total. The Morgan fingerprint density at radius 1 is 1.15 bits per heavy atom. The van der Waals surface area contributed by atoms with Crippen LogP contribution >= 0.6 is 11.6 Å². The lowest BCUT2D eigenvalue weighted by molar-refractivity contribution is 0.296. The fourth-order valence-electron chi connectivity index (χ4n) is 1.86. The Kier molecular flexibility index (Phi) is 4.93. The van der Waals surface area contributed by atoms with Gasteiger partial charge in [-0.1, -0.05) is 17.7 Å². The predicted octanol–water partition coefficient (Wildman–Crippen LogP) is 3.70. The monoisotopic (exact) mass is 297 g/mol. The van der Waals surface area contributed by atoms with Gasteiger partial charge in [-0.15, -0.1) is 0 Å². The number of rotatable bonds is 5. The molecule has 0 saturated carbocycles. The van der Waals surface area contributed by atoms with Crippen LogP contribution in [0.5, 0.6) is 5.75 Å². The summed E-state index contributed by atoms with van der Waals surface area (Å²) in [6, 6.07) is 8.60. The van der Waals surface area contributed by atoms with Crippen LogP contribution in [-0.2, 0) is 13.0 Å². The summed E-state index contributed by atoms with van der Waals surface area (Å²) in [6.45, 7) is 0.356. The average molecular weight is 298 g/mol. The van der Waals surface area contributed by atoms with E-state index in [-0.39, 0.29) is 18.0 Å². The van der Waals surface area contributed by atoms with Gasteiger partial charge in [0, 0.05) is 5.56 Å². The van der Waals surface area contributed by atoms with Crippen molar-refractivity contribution in [1.29, 1.82) is 0 Å². The van der Waals surface area contributed by atoms with Crippen molar-refractivity contribution in [2.24, 2.45) is 5.73 Å². The van der Waals surface area contributed by atoms with Crippen LogP contribution in [-0.4, -0.2) is 6.54 Å². The van der Waals surface area contributed by atoms with E-state index < -0.39 is 5.82 Å². The van der Waals surface area contributed by atoms with Crippen LogP contribution in [0.15, 0.2) is 36.4 Å². The van der Waals surface area contributed by atoms with Gasteiger partial charge < -0.3 is 10.5 Å². The van der Waals surface area contributed by atoms with Crippen LogP contribution in [0.25, 0.3) is 0 Å². The Labute approximate surface area is 121 Å². The molecule has 2 aromatic carbocycles. The molecule has 2 aromatic rings. The maximum atomic E-state index is 13.6. The first-order chi connectivity index (χ1) is 9.61. The molecule has 2 rings (SSSR count). The van der Waals surface area contributed by atoms with Crippen LogP contribution < -0.4 is 10.5 Å². The molecule has 0 saturated heterocycles. The molecule has 0 fully saturated rings. The first-order valence-electron chi connectivity index (χ1n) is 6.16. The van der Waals surface area contributed by atoms with E-state index in [1.54, 1.807) is 6.07 Å². The van der Waals surface area contributed by atoms with Crippen molar-refractivity contribution < 1.29 is 13.5 Å². The first kappa shape index (κ1) is 14.8. The highest BCUT2D eigenvalue weighted by Gasteiger charge is 2.10. The maximum absolute atomic E-state index is 13.6. The molecule has 20 heavy (non-hydrogen) atoms. The van der Waals surface area contributed by atoms with Crippen LogP contribution in [0, 0.1) is 11.6 Å². The van der Waals surface area contributed by atoms with Crippen LogP contribution in [0.4, 0.5) is 8.78 Å². The second kappa shape index (κ2) is 6.68. The molecule has 0 aromatic heterocycles. The standard InChI is InChI=1S/C15H14ClF2NO/c16-13-2-1-3-14(18)12(13)9-20-15-5-4-11(17)8-10(15)6-7-19/h1-5,8H,6-7,9,19H2. The highest BCUT2D eigenvalue weighted by atomic mass is 35.5. The van der Waals surface area contributed by atoms with E-state index in [1.165, 1.54) is 30.3 Å². The van der Waals surface area contributed by atoms with Crippen LogP contribution in [0.2, 0.25) is 5.02 Å². The summed E-state index contributed by atoms with van der Waals surface area (Å²) in [5.74, 6) is -0.305. The molecular formula is C15H14ClF2NO. The van der Waals surface area contributed by atoms with E-state index in [9.17, 15) is 8.78 Å². The highest BCUT2D eigenvalue weighted by Crippen LogP contribution is 2.24. The van der Waals surface area contributed by atoms with Gasteiger partial charge in [0.25, 0.3) is 0 Å². The Bertz CT molecular complexity index is 584. The van der Waals surface area contributed by atoms with E-state index in [0.29, 0.717) is 29.3 Å². The lowest BCUT2D eigenvalue weighted by Crippen LogP contribution is -2.06. The van der Waals surface area contributed by atoms with Crippen molar-refractivity contribution in [2.75, 3.05) is 6.54 Å². The SMILES string of the molecule is NCCc1cc(F)ccc1OCc1c(F)cccc1Cl. The third-order valence-electron chi connectivity index (χ3n) is 2.87. The average Bonchev–Trinajstić information content (AvgIpc) is 2.40. The van der Waals surface area contributed by atoms with E-state index in [0.717, 1.165) is 0 Å². The highest BCUT2D eigenvalue weighted by molar-refractivity contribution is 6.31. The summed E-state index contributed by atoms with van der Waals surface area (Å²) < 4.78 is 32.4. The molecule has 2 N–H and O–H groups in total. The summed E-state index contributed by atoms with van der Waals surface area (Å²) in [7, 11) is 0. The second-order valence-corrected chi connectivity index (χ2v) is 4.69. The molecule has 5 heteroatoms. The minimum absolute atomic E-state index is 0.0191. The van der Waals surface area contributed by atoms with Crippen molar-refractivity contribution in [3.8, 4) is 5.75 Å². The van der Waals surface area contributed by atoms with Crippen LogP contribution in [0.1, 0.15) is 11.1 Å². The van der Waals surface area contributed by atoms with Crippen molar-refractivity contribution in [3.63, 3.8) is 0 Å². The molecule has 0 aliphatic rings. The number of halogens is 3. The summed E-state index contributed by atoms with van der Waals surface area (Å²) in [6.07, 6.45) is 0.484. The lowest BCUT2D eigenvalue weighted by Gasteiger charge is -2.12. The largest absolute Gasteiger partial charge is 0.488 e. The fraction of sp³-hybridized carbons (Fsp3) is 0.200. The Hall–Kier alpha value is -1.65. The molecule has 0 radical (unpaired) electrons. The molecule has 0 unspecified atom stereocenters. The Morgan fingerprint density at radius 3 is 2.65 bits per heavy atom. The Morgan fingerprint density at radius 2 is 1.95 bits per heavy atom. The smallest absolute Gasteiger partial charge is 0.131 e. The summed E-state index contributed by atoms with van der Waals surface area (Å²) in [5.41, 5.74) is 6.40. The lowest BCUT2D eigenvalue weighted by atomic mass is 10.1. The molecule has 0 aliphatic carbocycles. The van der Waals surface area contributed by atoms with E-state index in [1.807, 2.05) is 0 Å². The molecule has 0 heterocycles. The van der Waals surface area contributed by atoms with Gasteiger partial charge >= 0.3 is 0 Å². The van der Waals surface area contributed by atoms with Gasteiger partial charge in [-0.05, 0) is 48.9 Å². The zero-order valence-electron chi connectivity index (χ0n) is 10.7. The van der Waals surface area contributed by atoms with Crippen molar-refractivity contribution in [2.45, 2.75) is 13.0 Å². The van der Waals surface area contributed by atoms with Gasteiger partial charge in [0.1, 0.15) is 24.0 Å². The first-order valence-corrected chi connectivity index (χ1v) is 6.54. The molecule has 0 amide bonds. The van der Waals surface area contributed by atoms with Gasteiger partial charge in [0.05, 0.1) is 5.02 Å². The minimum Gasteiger partial charge on any atom is -0.488 e. The zero-order valence-corrected chi connectivity index (χ0v) is 11.5. The zero-order chi connectivity index (χ0) is 14.5. The van der Waals surface area contributed by atoms with E-state index in [4.69, 9.17) is 22.1 Å². The Balaban J connectivity index is 2.18. The molecule has 0 aliphatic heterocycles. The van der Waals surface area contributed by atoms with E-state index >= 15 is 0 Å². The quantitative estimate of drug-likeness (QED) is 0.913. The van der Waals surface area contributed by atoms with Gasteiger partial charge in [-0.2, -0.15) is 0 Å². The third kappa shape index (κ3) is 3.46. The predicted molar refractivity (Wildman–Crippen MR) is 74.9 cm³/mol. The number of hydrogen-bond donors (Lipinski definition) is 1. The van der Waals surface area contributed by atoms with Crippen molar-refractivity contribution in [3.05, 3.63) is 64.2 Å². The molecule has 0 spiro atoms. The van der Waals surface area contributed by atoms with Gasteiger partial charge in [0.2, 0.25) is 0 Å². The molecule has 0 atom stereocenters. The number of hydrogen-bond acceptors (Lipinski definition) is 2. The molecule has 106 valence electrons.